The van der Waals surface area contributed by atoms with Crippen molar-refractivity contribution < 1.29 is 0 Å². The maximum Gasteiger partial charge on any atom is 0.194 e. The van der Waals surface area contributed by atoms with Gasteiger partial charge in [-0.25, -0.2) is 0 Å². The predicted molar refractivity (Wildman–Crippen MR) is 104 cm³/mol. The number of benzene rings is 1. The van der Waals surface area contributed by atoms with Crippen LogP contribution in [0.25, 0.3) is 10.9 Å². The van der Waals surface area contributed by atoms with Gasteiger partial charge in [-0.05, 0) is 59.0 Å². The van der Waals surface area contributed by atoms with E-state index in [4.69, 9.17) is 0 Å². The van der Waals surface area contributed by atoms with Crippen molar-refractivity contribution in [3.05, 3.63) is 39.7 Å². The highest BCUT2D eigenvalue weighted by molar-refractivity contribution is 5.83. The third kappa shape index (κ3) is 3.99. The second-order valence-electron chi connectivity index (χ2n) is 6.55. The molecule has 2 rings (SSSR count). The van der Waals surface area contributed by atoms with Gasteiger partial charge < -0.3 is 14.8 Å². The number of aromatic amines is 1. The Hall–Kier alpha value is -1.81. The summed E-state index contributed by atoms with van der Waals surface area (Å²) in [6.45, 7) is 12.1. The monoisotopic (exact) mass is 329 g/mol. The van der Waals surface area contributed by atoms with E-state index in [1.165, 1.54) is 6.42 Å². The summed E-state index contributed by atoms with van der Waals surface area (Å²) in [6.07, 6.45) is 2.33. The molecule has 2 aromatic rings. The molecule has 4 heteroatoms. The zero-order valence-corrected chi connectivity index (χ0v) is 15.8. The lowest BCUT2D eigenvalue weighted by Crippen LogP contribution is -2.25. The van der Waals surface area contributed by atoms with Gasteiger partial charge in [0.2, 0.25) is 0 Å². The van der Waals surface area contributed by atoms with Crippen molar-refractivity contribution >= 4 is 16.6 Å². The number of H-pyrrole nitrogens is 1. The first-order valence-electron chi connectivity index (χ1n) is 9.10. The van der Waals surface area contributed by atoms with Crippen LogP contribution >= 0.6 is 0 Å². The van der Waals surface area contributed by atoms with Crippen LogP contribution in [0.5, 0.6) is 0 Å². The minimum absolute atomic E-state index is 0.165. The molecule has 0 fully saturated rings. The highest BCUT2D eigenvalue weighted by Gasteiger charge is 2.13. The first-order chi connectivity index (χ1) is 11.5. The van der Waals surface area contributed by atoms with Crippen molar-refractivity contribution in [2.45, 2.75) is 47.1 Å². The average molecular weight is 329 g/mol. The number of unbranched alkanes of at least 4 members (excludes halogenated alkanes) is 1. The molecule has 0 atom stereocenters. The smallest absolute Gasteiger partial charge is 0.194 e. The SMILES string of the molecule is CCCCN(C)Cc1c(C)[nH]c2ccc(N(CC)CC)cc2c1=O. The van der Waals surface area contributed by atoms with Crippen LogP contribution < -0.4 is 10.3 Å². The Labute approximate surface area is 145 Å². The maximum absolute atomic E-state index is 13.0. The Bertz CT molecular complexity index is 731. The zero-order chi connectivity index (χ0) is 17.7. The highest BCUT2D eigenvalue weighted by atomic mass is 16.1. The average Bonchev–Trinajstić information content (AvgIpc) is 2.58. The van der Waals surface area contributed by atoms with E-state index in [-0.39, 0.29) is 5.43 Å². The number of aromatic nitrogens is 1. The maximum atomic E-state index is 13.0. The Morgan fingerprint density at radius 2 is 1.83 bits per heavy atom. The largest absolute Gasteiger partial charge is 0.372 e. The van der Waals surface area contributed by atoms with E-state index in [2.05, 4.69) is 48.7 Å². The van der Waals surface area contributed by atoms with Crippen molar-refractivity contribution in [1.29, 1.82) is 0 Å². The first-order valence-corrected chi connectivity index (χ1v) is 9.10. The number of anilines is 1. The quantitative estimate of drug-likeness (QED) is 0.798. The summed E-state index contributed by atoms with van der Waals surface area (Å²) in [7, 11) is 2.09. The second kappa shape index (κ2) is 8.34. The van der Waals surface area contributed by atoms with E-state index in [1.807, 2.05) is 19.1 Å². The summed E-state index contributed by atoms with van der Waals surface area (Å²) in [6, 6.07) is 6.16. The summed E-state index contributed by atoms with van der Waals surface area (Å²) < 4.78 is 0. The van der Waals surface area contributed by atoms with Gasteiger partial charge in [-0.2, -0.15) is 0 Å². The molecule has 0 saturated heterocycles. The van der Waals surface area contributed by atoms with Gasteiger partial charge in [-0.3, -0.25) is 4.79 Å². The number of nitrogens with one attached hydrogen (secondary N) is 1. The van der Waals surface area contributed by atoms with Crippen LogP contribution in [0.3, 0.4) is 0 Å². The van der Waals surface area contributed by atoms with Gasteiger partial charge >= 0.3 is 0 Å². The van der Waals surface area contributed by atoms with Crippen LogP contribution in [-0.4, -0.2) is 36.6 Å². The van der Waals surface area contributed by atoms with Crippen LogP contribution in [0.15, 0.2) is 23.0 Å². The van der Waals surface area contributed by atoms with Crippen molar-refractivity contribution in [3.63, 3.8) is 0 Å². The number of fused-ring (bicyclic) bond motifs is 1. The molecular weight excluding hydrogens is 298 g/mol. The van der Waals surface area contributed by atoms with Gasteiger partial charge in [0, 0.05) is 47.5 Å². The molecule has 0 unspecified atom stereocenters. The van der Waals surface area contributed by atoms with Crippen LogP contribution in [0, 0.1) is 6.92 Å². The number of hydrogen-bond donors (Lipinski definition) is 1. The van der Waals surface area contributed by atoms with E-state index in [0.717, 1.165) is 53.9 Å². The number of nitrogens with zero attached hydrogens (tertiary/aromatic N) is 2. The summed E-state index contributed by atoms with van der Waals surface area (Å²) in [5.74, 6) is 0. The lowest BCUT2D eigenvalue weighted by atomic mass is 10.1. The summed E-state index contributed by atoms with van der Waals surface area (Å²) in [5, 5.41) is 0.795. The molecule has 0 radical (unpaired) electrons. The predicted octanol–water partition coefficient (Wildman–Crippen LogP) is 3.91. The van der Waals surface area contributed by atoms with Crippen LogP contribution in [0.1, 0.15) is 44.9 Å². The van der Waals surface area contributed by atoms with Gasteiger partial charge in [0.25, 0.3) is 0 Å². The normalized spacial score (nSPS) is 11.4. The van der Waals surface area contributed by atoms with Crippen molar-refractivity contribution in [1.82, 2.24) is 9.88 Å². The molecule has 1 heterocycles. The summed E-state index contributed by atoms with van der Waals surface area (Å²) in [4.78, 5) is 21.0. The molecular formula is C20H31N3O. The molecule has 1 N–H and O–H groups in total. The fraction of sp³-hybridized carbons (Fsp3) is 0.550. The molecule has 24 heavy (non-hydrogen) atoms. The Morgan fingerprint density at radius 3 is 2.46 bits per heavy atom. The fourth-order valence-electron chi connectivity index (χ4n) is 3.19. The molecule has 0 aliphatic heterocycles. The van der Waals surface area contributed by atoms with E-state index in [1.54, 1.807) is 0 Å². The van der Waals surface area contributed by atoms with E-state index < -0.39 is 0 Å². The first kappa shape index (κ1) is 18.5. The number of aryl methyl sites for hydroxylation is 1. The lowest BCUT2D eigenvalue weighted by molar-refractivity contribution is 0.319. The van der Waals surface area contributed by atoms with Crippen molar-refractivity contribution in [2.24, 2.45) is 0 Å². The van der Waals surface area contributed by atoms with Crippen LogP contribution in [-0.2, 0) is 6.54 Å². The third-order valence-electron chi connectivity index (χ3n) is 4.75. The topological polar surface area (TPSA) is 39.3 Å². The fourth-order valence-corrected chi connectivity index (χ4v) is 3.19. The number of pyridine rings is 1. The molecule has 4 nitrogen and oxygen atoms in total. The molecule has 1 aromatic heterocycles. The Balaban J connectivity index is 2.44. The molecule has 0 amide bonds. The summed E-state index contributed by atoms with van der Waals surface area (Å²) >= 11 is 0. The van der Waals surface area contributed by atoms with Gasteiger partial charge in [0.15, 0.2) is 5.43 Å². The molecule has 1 aromatic carbocycles. The van der Waals surface area contributed by atoms with Gasteiger partial charge in [0.1, 0.15) is 0 Å². The number of hydrogen-bond acceptors (Lipinski definition) is 3. The number of rotatable bonds is 8. The molecule has 0 aliphatic rings. The van der Waals surface area contributed by atoms with Crippen LogP contribution in [0.4, 0.5) is 5.69 Å². The van der Waals surface area contributed by atoms with Crippen molar-refractivity contribution in [3.8, 4) is 0 Å². The molecule has 0 spiro atoms. The van der Waals surface area contributed by atoms with E-state index in [9.17, 15) is 4.79 Å². The minimum Gasteiger partial charge on any atom is -0.372 e. The second-order valence-corrected chi connectivity index (χ2v) is 6.55. The third-order valence-corrected chi connectivity index (χ3v) is 4.75. The van der Waals surface area contributed by atoms with E-state index >= 15 is 0 Å². The molecule has 0 aliphatic carbocycles. The van der Waals surface area contributed by atoms with Crippen molar-refractivity contribution in [2.75, 3.05) is 31.6 Å². The molecule has 0 bridgehead atoms. The highest BCUT2D eigenvalue weighted by Crippen LogP contribution is 2.20. The summed E-state index contributed by atoms with van der Waals surface area (Å²) in [5.41, 5.74) is 4.07. The molecule has 132 valence electrons. The van der Waals surface area contributed by atoms with Crippen LogP contribution in [0.2, 0.25) is 0 Å². The zero-order valence-electron chi connectivity index (χ0n) is 15.8. The van der Waals surface area contributed by atoms with E-state index in [0.29, 0.717) is 6.54 Å². The van der Waals surface area contributed by atoms with Gasteiger partial charge in [-0.15, -0.1) is 0 Å². The standard InChI is InChI=1S/C20H31N3O/c1-6-9-12-22(5)14-18-15(4)21-19-11-10-16(23(7-2)8-3)13-17(19)20(18)24/h10-11,13H,6-9,12,14H2,1-5H3,(H,21,24). The molecule has 0 saturated carbocycles. The Kier molecular flexibility index (Phi) is 6.44. The van der Waals surface area contributed by atoms with Gasteiger partial charge in [0.05, 0.1) is 0 Å². The lowest BCUT2D eigenvalue weighted by Gasteiger charge is -2.22. The Morgan fingerprint density at radius 1 is 1.12 bits per heavy atom. The van der Waals surface area contributed by atoms with Gasteiger partial charge in [-0.1, -0.05) is 13.3 Å². The minimum atomic E-state index is 0.165.